The predicted octanol–water partition coefficient (Wildman–Crippen LogP) is 6.90. The van der Waals surface area contributed by atoms with Gasteiger partial charge in [-0.2, -0.15) is 0 Å². The van der Waals surface area contributed by atoms with E-state index in [9.17, 15) is 9.59 Å². The minimum Gasteiger partial charge on any atom is -0.462 e. The Morgan fingerprint density at radius 3 is 2.63 bits per heavy atom. The van der Waals surface area contributed by atoms with Crippen molar-refractivity contribution in [3.63, 3.8) is 0 Å². The largest absolute Gasteiger partial charge is 0.462 e. The van der Waals surface area contributed by atoms with Crippen molar-refractivity contribution in [2.45, 2.75) is 130 Å². The van der Waals surface area contributed by atoms with Crippen LogP contribution >= 0.6 is 0 Å². The zero-order valence-electron chi connectivity index (χ0n) is 24.8. The van der Waals surface area contributed by atoms with Gasteiger partial charge in [0.05, 0.1) is 6.10 Å². The monoisotopic (exact) mass is 525 g/mol. The van der Waals surface area contributed by atoms with Crippen LogP contribution in [-0.4, -0.2) is 41.3 Å². The minimum absolute atomic E-state index is 0.0241. The van der Waals surface area contributed by atoms with Gasteiger partial charge >= 0.3 is 5.97 Å². The maximum absolute atomic E-state index is 12.8. The Morgan fingerprint density at radius 1 is 1.11 bits per heavy atom. The topological polar surface area (TPSA) is 55.8 Å². The van der Waals surface area contributed by atoms with E-state index in [-0.39, 0.29) is 34.9 Å². The molecule has 5 nitrogen and oxygen atoms in total. The minimum atomic E-state index is -0.391. The standard InChI is InChI=1S/C33H51NO4/c1-7-8-29(36)37-24-12-14-31(5)23(17-24)9-10-25-26(31)13-15-32(6)27(25)18-28-30(32)21(3)33(38-28)16-11-20(2)19-34(33)22(4)35/h9,20-21,24-28,30H,7-8,10-19H2,1-6H3/t20?,21-,24?,25?,26?,27?,28?,30?,31-,32-,33+/m0/s1. The lowest BCUT2D eigenvalue weighted by Crippen LogP contribution is -2.60. The number of carbonyl (C=O) groups is 2. The lowest BCUT2D eigenvalue weighted by atomic mass is 9.46. The molecule has 0 radical (unpaired) electrons. The normalized spacial score (nSPS) is 49.5. The van der Waals surface area contributed by atoms with Gasteiger partial charge in [-0.05, 0) is 98.2 Å². The number of likely N-dealkylation sites (tertiary alicyclic amines) is 1. The van der Waals surface area contributed by atoms with Crippen molar-refractivity contribution in [2.75, 3.05) is 6.54 Å². The van der Waals surface area contributed by atoms with Gasteiger partial charge in [0.1, 0.15) is 11.8 Å². The third kappa shape index (κ3) is 3.79. The summed E-state index contributed by atoms with van der Waals surface area (Å²) in [5, 5.41) is 0. The molecule has 6 rings (SSSR count). The van der Waals surface area contributed by atoms with E-state index in [2.05, 4.69) is 38.7 Å². The van der Waals surface area contributed by atoms with Crippen LogP contribution in [0.15, 0.2) is 11.6 Å². The van der Waals surface area contributed by atoms with Gasteiger partial charge in [0.25, 0.3) is 0 Å². The van der Waals surface area contributed by atoms with Gasteiger partial charge in [0, 0.05) is 32.2 Å². The molecular formula is C33H51NO4. The summed E-state index contributed by atoms with van der Waals surface area (Å²) >= 11 is 0. The highest BCUT2D eigenvalue weighted by Crippen LogP contribution is 2.70. The average Bonchev–Trinajstić information content (AvgIpc) is 3.31. The van der Waals surface area contributed by atoms with Gasteiger partial charge < -0.3 is 14.4 Å². The third-order valence-corrected chi connectivity index (χ3v) is 12.8. The second kappa shape index (κ2) is 9.35. The van der Waals surface area contributed by atoms with Gasteiger partial charge in [-0.25, -0.2) is 0 Å². The number of ether oxygens (including phenoxy) is 2. The number of rotatable bonds is 3. The summed E-state index contributed by atoms with van der Waals surface area (Å²) in [6, 6.07) is 0. The first kappa shape index (κ1) is 26.8. The lowest BCUT2D eigenvalue weighted by Gasteiger charge is -2.59. The number of nitrogens with zero attached hydrogens (tertiary/aromatic N) is 1. The van der Waals surface area contributed by atoms with E-state index in [1.54, 1.807) is 12.5 Å². The smallest absolute Gasteiger partial charge is 0.306 e. The molecule has 0 bridgehead atoms. The molecule has 1 amide bonds. The maximum Gasteiger partial charge on any atom is 0.306 e. The number of allylic oxidation sites excluding steroid dienone is 1. The maximum atomic E-state index is 12.8. The van der Waals surface area contributed by atoms with Gasteiger partial charge in [-0.3, -0.25) is 9.59 Å². The van der Waals surface area contributed by atoms with Crippen molar-refractivity contribution in [3.05, 3.63) is 11.6 Å². The number of hydrogen-bond donors (Lipinski definition) is 0. The summed E-state index contributed by atoms with van der Waals surface area (Å²) in [7, 11) is 0. The molecule has 1 spiro atoms. The lowest BCUT2D eigenvalue weighted by molar-refractivity contribution is -0.200. The second-order valence-corrected chi connectivity index (χ2v) is 14.7. The van der Waals surface area contributed by atoms with Gasteiger partial charge in [-0.1, -0.05) is 46.3 Å². The van der Waals surface area contributed by atoms with Crippen molar-refractivity contribution in [3.8, 4) is 0 Å². The Morgan fingerprint density at radius 2 is 1.89 bits per heavy atom. The highest BCUT2D eigenvalue weighted by molar-refractivity contribution is 5.74. The van der Waals surface area contributed by atoms with Gasteiger partial charge in [-0.15, -0.1) is 0 Å². The summed E-state index contributed by atoms with van der Waals surface area (Å²) in [4.78, 5) is 27.1. The molecule has 5 fully saturated rings. The Bertz CT molecular complexity index is 1010. The molecule has 0 aromatic carbocycles. The summed E-state index contributed by atoms with van der Waals surface area (Å²) < 4.78 is 13.0. The molecule has 0 aromatic rings. The van der Waals surface area contributed by atoms with E-state index in [1.807, 2.05) is 6.92 Å². The number of esters is 1. The molecule has 4 aliphatic carbocycles. The molecule has 6 aliphatic rings. The fourth-order valence-corrected chi connectivity index (χ4v) is 11.0. The van der Waals surface area contributed by atoms with E-state index in [1.165, 1.54) is 19.3 Å². The van der Waals surface area contributed by atoms with Crippen molar-refractivity contribution in [2.24, 2.45) is 46.3 Å². The molecule has 38 heavy (non-hydrogen) atoms. The molecule has 2 saturated heterocycles. The zero-order valence-corrected chi connectivity index (χ0v) is 24.8. The molecule has 7 unspecified atom stereocenters. The molecule has 0 N–H and O–H groups in total. The molecule has 212 valence electrons. The van der Waals surface area contributed by atoms with E-state index < -0.39 is 5.72 Å². The number of piperidine rings is 1. The molecule has 2 heterocycles. The fraction of sp³-hybridized carbons (Fsp3) is 0.879. The van der Waals surface area contributed by atoms with Crippen molar-refractivity contribution in [1.82, 2.24) is 4.90 Å². The molecule has 0 aromatic heterocycles. The second-order valence-electron chi connectivity index (χ2n) is 14.7. The summed E-state index contributed by atoms with van der Waals surface area (Å²) in [5.74, 6) is 3.76. The third-order valence-electron chi connectivity index (χ3n) is 12.8. The first-order valence-electron chi connectivity index (χ1n) is 15.9. The van der Waals surface area contributed by atoms with Gasteiger partial charge in [0.15, 0.2) is 0 Å². The Labute approximate surface area is 230 Å². The van der Waals surface area contributed by atoms with Crippen LogP contribution in [0.2, 0.25) is 0 Å². The van der Waals surface area contributed by atoms with Crippen LogP contribution in [0.3, 0.4) is 0 Å². The summed E-state index contributed by atoms with van der Waals surface area (Å²) in [6.07, 6.45) is 14.4. The first-order chi connectivity index (χ1) is 18.0. The summed E-state index contributed by atoms with van der Waals surface area (Å²) in [6.45, 7) is 14.4. The van der Waals surface area contributed by atoms with Crippen LogP contribution in [0, 0.1) is 46.3 Å². The molecular weight excluding hydrogens is 474 g/mol. The first-order valence-corrected chi connectivity index (χ1v) is 15.9. The van der Waals surface area contributed by atoms with E-state index in [0.717, 1.165) is 57.4 Å². The quantitative estimate of drug-likeness (QED) is 0.297. The number of amides is 1. The SMILES string of the molecule is CCCC(=O)OC1CC[C@@]2(C)C(=CCC3C4CC5O[C@]6(CCC(C)CN6C(C)=O)[C@@H](C)C5[C@@]4(C)CCC32)C1. The van der Waals surface area contributed by atoms with Crippen molar-refractivity contribution in [1.29, 1.82) is 0 Å². The predicted molar refractivity (Wildman–Crippen MR) is 148 cm³/mol. The summed E-state index contributed by atoms with van der Waals surface area (Å²) in [5.41, 5.74) is 1.71. The van der Waals surface area contributed by atoms with Crippen LogP contribution in [0.4, 0.5) is 0 Å². The van der Waals surface area contributed by atoms with Crippen molar-refractivity contribution >= 4 is 11.9 Å². The van der Waals surface area contributed by atoms with E-state index in [4.69, 9.17) is 9.47 Å². The van der Waals surface area contributed by atoms with Crippen LogP contribution in [0.25, 0.3) is 0 Å². The number of hydrogen-bond acceptors (Lipinski definition) is 4. The fourth-order valence-electron chi connectivity index (χ4n) is 11.0. The van der Waals surface area contributed by atoms with E-state index >= 15 is 0 Å². The molecule has 3 saturated carbocycles. The Balaban J connectivity index is 1.22. The van der Waals surface area contributed by atoms with Crippen LogP contribution in [0.1, 0.15) is 112 Å². The molecule has 2 aliphatic heterocycles. The highest BCUT2D eigenvalue weighted by atomic mass is 16.5. The molecule has 5 heteroatoms. The van der Waals surface area contributed by atoms with E-state index in [0.29, 0.717) is 36.0 Å². The van der Waals surface area contributed by atoms with Crippen LogP contribution in [0.5, 0.6) is 0 Å². The van der Waals surface area contributed by atoms with Crippen LogP contribution < -0.4 is 0 Å². The Kier molecular flexibility index (Phi) is 6.60. The molecule has 11 atom stereocenters. The van der Waals surface area contributed by atoms with Crippen LogP contribution in [-0.2, 0) is 19.1 Å². The zero-order chi connectivity index (χ0) is 27.0. The van der Waals surface area contributed by atoms with Gasteiger partial charge in [0.2, 0.25) is 5.91 Å². The average molecular weight is 526 g/mol. The van der Waals surface area contributed by atoms with Crippen molar-refractivity contribution < 1.29 is 19.1 Å². The highest BCUT2D eigenvalue weighted by Gasteiger charge is 2.69. The number of fused-ring (bicyclic) bond motifs is 7. The number of carbonyl (C=O) groups excluding carboxylic acids is 2. The Hall–Kier alpha value is -1.36.